The number of para-hydroxylation sites is 1. The summed E-state index contributed by atoms with van der Waals surface area (Å²) in [5.41, 5.74) is 0.0735. The molecule has 0 bridgehead atoms. The quantitative estimate of drug-likeness (QED) is 0.883. The van der Waals surface area contributed by atoms with E-state index in [1.807, 2.05) is 24.3 Å². The van der Waals surface area contributed by atoms with Gasteiger partial charge in [0.2, 0.25) is 0 Å². The number of hydrogen-bond donors (Lipinski definition) is 2. The number of aliphatic carboxylic acids is 1. The van der Waals surface area contributed by atoms with Gasteiger partial charge in [-0.2, -0.15) is 0 Å². The van der Waals surface area contributed by atoms with Crippen molar-refractivity contribution in [1.82, 2.24) is 9.88 Å². The molecule has 0 saturated heterocycles. The van der Waals surface area contributed by atoms with Crippen LogP contribution in [0.5, 0.6) is 0 Å². The van der Waals surface area contributed by atoms with E-state index >= 15 is 0 Å². The number of nitrogens with one attached hydrogen (secondary N) is 1. The van der Waals surface area contributed by atoms with Crippen LogP contribution in [-0.4, -0.2) is 27.1 Å². The SMILES string of the molecule is Cn1c(C(=O)NC(C)(C)C(=O)O)cc2ccccc21. The lowest BCUT2D eigenvalue weighted by Crippen LogP contribution is -2.50. The molecule has 5 nitrogen and oxygen atoms in total. The number of hydrogen-bond acceptors (Lipinski definition) is 2. The van der Waals surface area contributed by atoms with E-state index in [0.29, 0.717) is 5.69 Å². The highest BCUT2D eigenvalue weighted by Gasteiger charge is 2.30. The fourth-order valence-electron chi connectivity index (χ4n) is 1.91. The third-order valence-corrected chi connectivity index (χ3v) is 3.15. The third-order valence-electron chi connectivity index (χ3n) is 3.15. The van der Waals surface area contributed by atoms with Gasteiger partial charge in [-0.1, -0.05) is 18.2 Å². The Labute approximate surface area is 110 Å². The highest BCUT2D eigenvalue weighted by Crippen LogP contribution is 2.18. The molecule has 0 aliphatic rings. The number of carbonyl (C=O) groups is 2. The molecule has 0 spiro atoms. The molecule has 19 heavy (non-hydrogen) atoms. The van der Waals surface area contributed by atoms with Crippen molar-refractivity contribution in [2.45, 2.75) is 19.4 Å². The van der Waals surface area contributed by atoms with Crippen LogP contribution < -0.4 is 5.32 Å². The summed E-state index contributed by atoms with van der Waals surface area (Å²) in [5, 5.41) is 12.5. The molecule has 0 fully saturated rings. The first-order chi connectivity index (χ1) is 8.83. The molecule has 1 aromatic heterocycles. The largest absolute Gasteiger partial charge is 0.480 e. The lowest BCUT2D eigenvalue weighted by Gasteiger charge is -2.21. The monoisotopic (exact) mass is 260 g/mol. The van der Waals surface area contributed by atoms with Crippen molar-refractivity contribution in [2.75, 3.05) is 0 Å². The molecule has 1 amide bonds. The van der Waals surface area contributed by atoms with Gasteiger partial charge in [0.25, 0.3) is 5.91 Å². The standard InChI is InChI=1S/C14H16N2O3/c1-14(2,13(18)19)15-12(17)11-8-9-6-4-5-7-10(9)16(11)3/h4-8H,1-3H3,(H,15,17)(H,18,19). The summed E-state index contributed by atoms with van der Waals surface area (Å²) in [7, 11) is 1.78. The normalized spacial score (nSPS) is 11.5. The first-order valence-electron chi connectivity index (χ1n) is 5.93. The van der Waals surface area contributed by atoms with Crippen LogP contribution in [0.3, 0.4) is 0 Å². The van der Waals surface area contributed by atoms with Gasteiger partial charge in [0.1, 0.15) is 11.2 Å². The van der Waals surface area contributed by atoms with E-state index < -0.39 is 17.4 Å². The minimum Gasteiger partial charge on any atom is -0.480 e. The highest BCUT2D eigenvalue weighted by atomic mass is 16.4. The zero-order valence-electron chi connectivity index (χ0n) is 11.1. The number of aryl methyl sites for hydroxylation is 1. The van der Waals surface area contributed by atoms with Crippen molar-refractivity contribution in [2.24, 2.45) is 7.05 Å². The highest BCUT2D eigenvalue weighted by molar-refractivity contribution is 6.00. The van der Waals surface area contributed by atoms with Crippen molar-refractivity contribution in [3.05, 3.63) is 36.0 Å². The maximum Gasteiger partial charge on any atom is 0.328 e. The van der Waals surface area contributed by atoms with Gasteiger partial charge in [0, 0.05) is 18.0 Å². The van der Waals surface area contributed by atoms with Gasteiger partial charge >= 0.3 is 5.97 Å². The molecule has 100 valence electrons. The Morgan fingerprint density at radius 2 is 1.89 bits per heavy atom. The predicted molar refractivity (Wildman–Crippen MR) is 72.1 cm³/mol. The summed E-state index contributed by atoms with van der Waals surface area (Å²) in [6, 6.07) is 9.36. The fourth-order valence-corrected chi connectivity index (χ4v) is 1.91. The Bertz CT molecular complexity index is 656. The molecular formula is C14H16N2O3. The molecule has 0 aliphatic heterocycles. The molecule has 0 aliphatic carbocycles. The Morgan fingerprint density at radius 1 is 1.26 bits per heavy atom. The van der Waals surface area contributed by atoms with E-state index in [1.54, 1.807) is 17.7 Å². The number of carbonyl (C=O) groups excluding carboxylic acids is 1. The Kier molecular flexibility index (Phi) is 3.06. The molecule has 1 heterocycles. The van der Waals surface area contributed by atoms with Gasteiger partial charge in [0.05, 0.1) is 0 Å². The topological polar surface area (TPSA) is 71.3 Å². The summed E-state index contributed by atoms with van der Waals surface area (Å²) >= 11 is 0. The molecule has 0 saturated carbocycles. The fraction of sp³-hybridized carbons (Fsp3) is 0.286. The van der Waals surface area contributed by atoms with Crippen LogP contribution in [0.1, 0.15) is 24.3 Å². The van der Waals surface area contributed by atoms with Gasteiger partial charge in [-0.05, 0) is 26.0 Å². The molecule has 5 heteroatoms. The van der Waals surface area contributed by atoms with Crippen LogP contribution in [-0.2, 0) is 11.8 Å². The first kappa shape index (κ1) is 13.1. The van der Waals surface area contributed by atoms with E-state index in [9.17, 15) is 9.59 Å². The van der Waals surface area contributed by atoms with Crippen molar-refractivity contribution < 1.29 is 14.7 Å². The van der Waals surface area contributed by atoms with Crippen LogP contribution in [0.15, 0.2) is 30.3 Å². The van der Waals surface area contributed by atoms with Crippen LogP contribution >= 0.6 is 0 Å². The number of carboxylic acids is 1. The summed E-state index contributed by atoms with van der Waals surface area (Å²) < 4.78 is 1.75. The Balaban J connectivity index is 2.37. The van der Waals surface area contributed by atoms with Crippen molar-refractivity contribution in [3.63, 3.8) is 0 Å². The van der Waals surface area contributed by atoms with E-state index in [4.69, 9.17) is 5.11 Å². The molecule has 2 N–H and O–H groups in total. The number of fused-ring (bicyclic) bond motifs is 1. The molecular weight excluding hydrogens is 244 g/mol. The van der Waals surface area contributed by atoms with Gasteiger partial charge in [0.15, 0.2) is 0 Å². The summed E-state index contributed by atoms with van der Waals surface area (Å²) in [6.45, 7) is 2.91. The molecule has 0 radical (unpaired) electrons. The third kappa shape index (κ3) is 2.31. The smallest absolute Gasteiger partial charge is 0.328 e. The van der Waals surface area contributed by atoms with Gasteiger partial charge in [-0.15, -0.1) is 0 Å². The van der Waals surface area contributed by atoms with E-state index in [2.05, 4.69) is 5.32 Å². The zero-order valence-corrected chi connectivity index (χ0v) is 11.1. The minimum atomic E-state index is -1.30. The predicted octanol–water partition coefficient (Wildman–Crippen LogP) is 1.77. The number of benzene rings is 1. The Morgan fingerprint density at radius 3 is 2.47 bits per heavy atom. The average Bonchev–Trinajstić information content (AvgIpc) is 2.67. The number of rotatable bonds is 3. The van der Waals surface area contributed by atoms with Gasteiger partial charge < -0.3 is 15.0 Å². The summed E-state index contributed by atoms with van der Waals surface area (Å²) in [4.78, 5) is 23.2. The van der Waals surface area contributed by atoms with Crippen molar-refractivity contribution in [3.8, 4) is 0 Å². The second-order valence-electron chi connectivity index (χ2n) is 5.03. The first-order valence-corrected chi connectivity index (χ1v) is 5.93. The lowest BCUT2D eigenvalue weighted by atomic mass is 10.1. The van der Waals surface area contributed by atoms with E-state index in [1.165, 1.54) is 13.8 Å². The number of nitrogens with zero attached hydrogens (tertiary/aromatic N) is 1. The lowest BCUT2D eigenvalue weighted by molar-refractivity contribution is -0.143. The molecule has 2 aromatic rings. The van der Waals surface area contributed by atoms with Crippen molar-refractivity contribution in [1.29, 1.82) is 0 Å². The zero-order chi connectivity index (χ0) is 14.2. The maximum atomic E-state index is 12.2. The van der Waals surface area contributed by atoms with Gasteiger partial charge in [-0.25, -0.2) is 4.79 Å². The second-order valence-corrected chi connectivity index (χ2v) is 5.03. The second kappa shape index (κ2) is 4.42. The van der Waals surface area contributed by atoms with E-state index in [-0.39, 0.29) is 0 Å². The molecule has 1 aromatic carbocycles. The minimum absolute atomic E-state index is 0.397. The van der Waals surface area contributed by atoms with Crippen LogP contribution in [0.4, 0.5) is 0 Å². The van der Waals surface area contributed by atoms with Crippen LogP contribution in [0.2, 0.25) is 0 Å². The Hall–Kier alpha value is -2.30. The number of carboxylic acid groups (broad SMARTS) is 1. The number of aromatic nitrogens is 1. The number of amides is 1. The maximum absolute atomic E-state index is 12.2. The van der Waals surface area contributed by atoms with E-state index in [0.717, 1.165) is 10.9 Å². The van der Waals surface area contributed by atoms with Crippen molar-refractivity contribution >= 4 is 22.8 Å². The molecule has 0 unspecified atom stereocenters. The van der Waals surface area contributed by atoms with Gasteiger partial charge in [-0.3, -0.25) is 4.79 Å². The average molecular weight is 260 g/mol. The summed E-state index contributed by atoms with van der Waals surface area (Å²) in [6.07, 6.45) is 0. The molecule has 0 atom stereocenters. The van der Waals surface area contributed by atoms with Crippen LogP contribution in [0.25, 0.3) is 10.9 Å². The van der Waals surface area contributed by atoms with Crippen LogP contribution in [0, 0.1) is 0 Å². The summed E-state index contributed by atoms with van der Waals surface area (Å²) in [5.74, 6) is -1.47. The molecule has 2 rings (SSSR count).